The summed E-state index contributed by atoms with van der Waals surface area (Å²) < 4.78 is 7.76. The zero-order valence-corrected chi connectivity index (χ0v) is 21.2. The van der Waals surface area contributed by atoms with Crippen LogP contribution in [0.3, 0.4) is 0 Å². The van der Waals surface area contributed by atoms with E-state index in [-0.39, 0.29) is 18.0 Å². The van der Waals surface area contributed by atoms with Gasteiger partial charge in [0.1, 0.15) is 18.7 Å². The van der Waals surface area contributed by atoms with Gasteiger partial charge in [-0.3, -0.25) is 9.69 Å². The number of benzene rings is 3. The molecule has 1 aromatic heterocycles. The lowest BCUT2D eigenvalue weighted by Gasteiger charge is -2.23. The first-order chi connectivity index (χ1) is 18.1. The lowest BCUT2D eigenvalue weighted by Crippen LogP contribution is -2.43. The highest BCUT2D eigenvalue weighted by atomic mass is 35.5. The third-order valence-electron chi connectivity index (χ3n) is 6.56. The Bertz CT molecular complexity index is 1300. The fourth-order valence-electron chi connectivity index (χ4n) is 4.70. The van der Waals surface area contributed by atoms with Crippen molar-refractivity contribution in [2.24, 2.45) is 0 Å². The van der Waals surface area contributed by atoms with E-state index in [2.05, 4.69) is 31.8 Å². The van der Waals surface area contributed by atoms with Crippen LogP contribution in [0.15, 0.2) is 85.2 Å². The molecule has 0 radical (unpaired) electrons. The standard InChI is InChI=1S/C28H29ClN6O2/c29-24-10-4-8-21(14-24)12-13-30-28(36)27-16-25(35-20-31-32-33-35)18-34(27)17-23-9-5-11-26(15-23)37-19-22-6-2-1-3-7-22/h1-11,14-15,20,25,27H,12-13,16-19H2,(H,30,36)/t25-,27+/m1/s1. The molecule has 3 aromatic carbocycles. The van der Waals surface area contributed by atoms with Crippen molar-refractivity contribution in [2.45, 2.75) is 38.1 Å². The van der Waals surface area contributed by atoms with E-state index >= 15 is 0 Å². The van der Waals surface area contributed by atoms with E-state index in [4.69, 9.17) is 16.3 Å². The first-order valence-electron chi connectivity index (χ1n) is 12.4. The summed E-state index contributed by atoms with van der Waals surface area (Å²) in [6.45, 7) is 2.34. The topological polar surface area (TPSA) is 85.2 Å². The highest BCUT2D eigenvalue weighted by Crippen LogP contribution is 2.29. The molecular weight excluding hydrogens is 488 g/mol. The van der Waals surface area contributed by atoms with Crippen molar-refractivity contribution < 1.29 is 9.53 Å². The summed E-state index contributed by atoms with van der Waals surface area (Å²) in [4.78, 5) is 15.5. The summed E-state index contributed by atoms with van der Waals surface area (Å²) in [7, 11) is 0. The molecule has 5 rings (SSSR count). The molecule has 0 aliphatic carbocycles. The lowest BCUT2D eigenvalue weighted by atomic mass is 10.1. The van der Waals surface area contributed by atoms with Crippen molar-refractivity contribution in [3.8, 4) is 5.75 Å². The van der Waals surface area contributed by atoms with Gasteiger partial charge in [0.2, 0.25) is 5.91 Å². The van der Waals surface area contributed by atoms with Crippen molar-refractivity contribution in [3.05, 3.63) is 107 Å². The SMILES string of the molecule is O=C(NCCc1cccc(Cl)c1)[C@@H]1C[C@@H](n2cnnn2)CN1Cc1cccc(OCc2ccccc2)c1. The fraction of sp³-hybridized carbons (Fsp3) is 0.286. The normalized spacial score (nSPS) is 17.5. The predicted octanol–water partition coefficient (Wildman–Crippen LogP) is 4.08. The molecule has 2 atom stereocenters. The molecular formula is C28H29ClN6O2. The zero-order chi connectivity index (χ0) is 25.5. The Morgan fingerprint density at radius 2 is 1.81 bits per heavy atom. The van der Waals surface area contributed by atoms with Gasteiger partial charge >= 0.3 is 0 Å². The molecule has 0 saturated carbocycles. The Labute approximate surface area is 221 Å². The van der Waals surface area contributed by atoms with Crippen LogP contribution in [0.1, 0.15) is 29.2 Å². The van der Waals surface area contributed by atoms with Crippen LogP contribution in [0.5, 0.6) is 5.75 Å². The molecule has 1 aliphatic rings. The molecule has 37 heavy (non-hydrogen) atoms. The second-order valence-electron chi connectivity index (χ2n) is 9.22. The van der Waals surface area contributed by atoms with Gasteiger partial charge in [-0.05, 0) is 64.2 Å². The van der Waals surface area contributed by atoms with Crippen molar-refractivity contribution in [3.63, 3.8) is 0 Å². The molecule has 8 nitrogen and oxygen atoms in total. The first-order valence-corrected chi connectivity index (χ1v) is 12.8. The van der Waals surface area contributed by atoms with Crippen LogP contribution in [0, 0.1) is 0 Å². The quantitative estimate of drug-likeness (QED) is 0.342. The van der Waals surface area contributed by atoms with Gasteiger partial charge in [0, 0.05) is 24.7 Å². The summed E-state index contributed by atoms with van der Waals surface area (Å²) in [6, 6.07) is 25.6. The van der Waals surface area contributed by atoms with E-state index in [9.17, 15) is 4.79 Å². The summed E-state index contributed by atoms with van der Waals surface area (Å²) in [5.74, 6) is 0.814. The van der Waals surface area contributed by atoms with E-state index < -0.39 is 0 Å². The molecule has 0 bridgehead atoms. The molecule has 190 valence electrons. The average molecular weight is 517 g/mol. The van der Waals surface area contributed by atoms with Gasteiger partial charge in [-0.2, -0.15) is 0 Å². The predicted molar refractivity (Wildman–Crippen MR) is 141 cm³/mol. The Morgan fingerprint density at radius 3 is 2.62 bits per heavy atom. The minimum atomic E-state index is -0.289. The Kier molecular flexibility index (Phi) is 8.08. The number of nitrogens with zero attached hydrogens (tertiary/aromatic N) is 5. The van der Waals surface area contributed by atoms with Gasteiger partial charge in [0.25, 0.3) is 0 Å². The average Bonchev–Trinajstić information content (AvgIpc) is 3.59. The zero-order valence-electron chi connectivity index (χ0n) is 20.4. The number of hydrogen-bond acceptors (Lipinski definition) is 6. The smallest absolute Gasteiger partial charge is 0.237 e. The molecule has 0 spiro atoms. The van der Waals surface area contributed by atoms with E-state index in [1.54, 1.807) is 11.0 Å². The van der Waals surface area contributed by atoms with Gasteiger partial charge in [-0.25, -0.2) is 4.68 Å². The molecule has 4 aromatic rings. The van der Waals surface area contributed by atoms with Gasteiger partial charge < -0.3 is 10.1 Å². The maximum Gasteiger partial charge on any atom is 0.237 e. The molecule has 9 heteroatoms. The van der Waals surface area contributed by atoms with Gasteiger partial charge in [0.05, 0.1) is 12.1 Å². The largest absolute Gasteiger partial charge is 0.489 e. The van der Waals surface area contributed by atoms with Crippen LogP contribution in [0.2, 0.25) is 5.02 Å². The number of ether oxygens (including phenoxy) is 1. The third kappa shape index (κ3) is 6.72. The number of halogens is 1. The Balaban J connectivity index is 1.24. The van der Waals surface area contributed by atoms with Gasteiger partial charge in [0.15, 0.2) is 0 Å². The second-order valence-corrected chi connectivity index (χ2v) is 9.65. The van der Waals surface area contributed by atoms with Gasteiger partial charge in [-0.15, -0.1) is 5.10 Å². The van der Waals surface area contributed by atoms with Crippen LogP contribution in [-0.4, -0.2) is 50.1 Å². The third-order valence-corrected chi connectivity index (χ3v) is 6.79. The monoisotopic (exact) mass is 516 g/mol. The van der Waals surface area contributed by atoms with Crippen LogP contribution < -0.4 is 10.1 Å². The maximum atomic E-state index is 13.3. The number of amides is 1. The number of rotatable bonds is 10. The Morgan fingerprint density at radius 1 is 1.00 bits per heavy atom. The number of carbonyl (C=O) groups is 1. The number of hydrogen-bond donors (Lipinski definition) is 1. The van der Waals surface area contributed by atoms with Crippen LogP contribution in [-0.2, 0) is 24.4 Å². The minimum absolute atomic E-state index is 0.00841. The summed E-state index contributed by atoms with van der Waals surface area (Å²) >= 11 is 6.09. The van der Waals surface area contributed by atoms with Crippen LogP contribution in [0.25, 0.3) is 0 Å². The summed E-state index contributed by atoms with van der Waals surface area (Å²) in [6.07, 6.45) is 2.97. The highest BCUT2D eigenvalue weighted by molar-refractivity contribution is 6.30. The van der Waals surface area contributed by atoms with Crippen LogP contribution >= 0.6 is 11.6 Å². The second kappa shape index (κ2) is 12.0. The highest BCUT2D eigenvalue weighted by Gasteiger charge is 2.38. The first kappa shape index (κ1) is 24.9. The molecule has 1 saturated heterocycles. The number of tetrazole rings is 1. The number of likely N-dealkylation sites (tertiary alicyclic amines) is 1. The minimum Gasteiger partial charge on any atom is -0.489 e. The molecule has 2 heterocycles. The fourth-order valence-corrected chi connectivity index (χ4v) is 4.92. The number of carbonyl (C=O) groups excluding carboxylic acids is 1. The summed E-state index contributed by atoms with van der Waals surface area (Å²) in [5.41, 5.74) is 3.29. The molecule has 1 fully saturated rings. The van der Waals surface area contributed by atoms with Crippen LogP contribution in [0.4, 0.5) is 0 Å². The van der Waals surface area contributed by atoms with E-state index in [0.717, 1.165) is 28.9 Å². The van der Waals surface area contributed by atoms with Crippen molar-refractivity contribution >= 4 is 17.5 Å². The van der Waals surface area contributed by atoms with Crippen molar-refractivity contribution in [1.29, 1.82) is 0 Å². The van der Waals surface area contributed by atoms with E-state index in [0.29, 0.717) is 37.7 Å². The molecule has 1 amide bonds. The van der Waals surface area contributed by atoms with E-state index in [1.165, 1.54) is 0 Å². The molecule has 1 aliphatic heterocycles. The van der Waals surface area contributed by atoms with Crippen molar-refractivity contribution in [2.75, 3.05) is 13.1 Å². The number of nitrogens with one attached hydrogen (secondary N) is 1. The summed E-state index contributed by atoms with van der Waals surface area (Å²) in [5, 5.41) is 15.4. The maximum absolute atomic E-state index is 13.3. The van der Waals surface area contributed by atoms with E-state index in [1.807, 2.05) is 72.8 Å². The molecule has 0 unspecified atom stereocenters. The van der Waals surface area contributed by atoms with Gasteiger partial charge in [-0.1, -0.05) is 66.2 Å². The Hall–Kier alpha value is -3.75. The lowest BCUT2D eigenvalue weighted by molar-refractivity contribution is -0.125. The molecule has 1 N–H and O–H groups in total. The number of aromatic nitrogens is 4. The van der Waals surface area contributed by atoms with Crippen molar-refractivity contribution in [1.82, 2.24) is 30.4 Å².